The molecule has 0 aromatic heterocycles. The number of anilines is 1. The first-order valence-corrected chi connectivity index (χ1v) is 9.49. The Balaban J connectivity index is 1.68. The number of benzene rings is 2. The Labute approximate surface area is 174 Å². The van der Waals surface area contributed by atoms with Gasteiger partial charge in [0.15, 0.2) is 0 Å². The molecule has 0 unspecified atom stereocenters. The van der Waals surface area contributed by atoms with Crippen molar-refractivity contribution in [2.24, 2.45) is 0 Å². The molecule has 7 nitrogen and oxygen atoms in total. The second-order valence-electron chi connectivity index (χ2n) is 6.76. The summed E-state index contributed by atoms with van der Waals surface area (Å²) in [5.41, 5.74) is 1.86. The van der Waals surface area contributed by atoms with Crippen LogP contribution in [-0.4, -0.2) is 48.7 Å². The number of likely N-dealkylation sites (N-methyl/N-ethyl adjacent to an activating group) is 1. The molecule has 0 spiro atoms. The van der Waals surface area contributed by atoms with E-state index < -0.39 is 0 Å². The molecule has 1 aliphatic heterocycles. The molecule has 30 heavy (non-hydrogen) atoms. The number of nitrogens with one attached hydrogen (secondary N) is 1. The third-order valence-electron chi connectivity index (χ3n) is 4.86. The zero-order valence-corrected chi connectivity index (χ0v) is 16.6. The van der Waals surface area contributed by atoms with Crippen LogP contribution >= 0.6 is 0 Å². The lowest BCUT2D eigenvalue weighted by Crippen LogP contribution is -2.40. The summed E-state index contributed by atoms with van der Waals surface area (Å²) in [6, 6.07) is 13.4. The molecule has 0 bridgehead atoms. The lowest BCUT2D eigenvalue weighted by Gasteiger charge is -2.23. The predicted molar refractivity (Wildman–Crippen MR) is 112 cm³/mol. The van der Waals surface area contributed by atoms with Crippen LogP contribution in [0.1, 0.15) is 39.1 Å². The highest BCUT2D eigenvalue weighted by Crippen LogP contribution is 2.23. The molecule has 0 saturated carbocycles. The van der Waals surface area contributed by atoms with E-state index in [0.717, 1.165) is 4.90 Å². The fraction of sp³-hybridized carbons (Fsp3) is 0.217. The SMILES string of the molecule is C#Cc1cccc(N(CC(=O)NC)C(=O)CCCN2C(=O)c3ccccc3C2=O)c1. The minimum absolute atomic E-state index is 0.0602. The van der Waals surface area contributed by atoms with E-state index in [4.69, 9.17) is 6.42 Å². The standard InChI is InChI=1S/C23H21N3O4/c1-3-16-8-6-9-17(14-16)26(15-20(27)24-2)21(28)12-7-13-25-22(29)18-10-4-5-11-19(18)23(25)30/h1,4-6,8-11,14H,7,12-13,15H2,2H3,(H,24,27). The largest absolute Gasteiger partial charge is 0.358 e. The van der Waals surface area contributed by atoms with Gasteiger partial charge >= 0.3 is 0 Å². The average molecular weight is 403 g/mol. The van der Waals surface area contributed by atoms with Crippen molar-refractivity contribution in [3.8, 4) is 12.3 Å². The summed E-state index contributed by atoms with van der Waals surface area (Å²) in [6.45, 7) is -0.0350. The van der Waals surface area contributed by atoms with E-state index in [-0.39, 0.29) is 49.6 Å². The molecule has 1 N–H and O–H groups in total. The van der Waals surface area contributed by atoms with E-state index >= 15 is 0 Å². The van der Waals surface area contributed by atoms with E-state index in [9.17, 15) is 19.2 Å². The summed E-state index contributed by atoms with van der Waals surface area (Å²) < 4.78 is 0. The molecule has 4 amide bonds. The van der Waals surface area contributed by atoms with Gasteiger partial charge in [-0.2, -0.15) is 0 Å². The predicted octanol–water partition coefficient (Wildman–Crippen LogP) is 1.82. The Bertz CT molecular complexity index is 1020. The number of amides is 4. The second kappa shape index (κ2) is 9.05. The third-order valence-corrected chi connectivity index (χ3v) is 4.86. The molecule has 0 radical (unpaired) electrons. The number of hydrogen-bond acceptors (Lipinski definition) is 4. The Morgan fingerprint density at radius 2 is 1.73 bits per heavy atom. The van der Waals surface area contributed by atoms with Gasteiger partial charge in [0.1, 0.15) is 6.54 Å². The Kier molecular flexibility index (Phi) is 6.28. The van der Waals surface area contributed by atoms with E-state index in [1.807, 2.05) is 0 Å². The van der Waals surface area contributed by atoms with Gasteiger partial charge in [-0.25, -0.2) is 0 Å². The molecule has 0 fully saturated rings. The summed E-state index contributed by atoms with van der Waals surface area (Å²) in [5, 5.41) is 2.50. The summed E-state index contributed by atoms with van der Waals surface area (Å²) >= 11 is 0. The Morgan fingerprint density at radius 3 is 2.33 bits per heavy atom. The third kappa shape index (κ3) is 4.23. The number of terminal acetylenes is 1. The fourth-order valence-electron chi connectivity index (χ4n) is 3.28. The van der Waals surface area contributed by atoms with E-state index in [0.29, 0.717) is 22.4 Å². The molecule has 0 saturated heterocycles. The molecule has 2 aromatic carbocycles. The van der Waals surface area contributed by atoms with Crippen LogP contribution < -0.4 is 10.2 Å². The lowest BCUT2D eigenvalue weighted by atomic mass is 10.1. The lowest BCUT2D eigenvalue weighted by molar-refractivity contribution is -0.123. The zero-order valence-electron chi connectivity index (χ0n) is 16.6. The molecule has 1 heterocycles. The van der Waals surface area contributed by atoms with Gasteiger partial charge in [-0.3, -0.25) is 24.1 Å². The summed E-state index contributed by atoms with van der Waals surface area (Å²) in [7, 11) is 1.49. The Morgan fingerprint density at radius 1 is 1.07 bits per heavy atom. The number of hydrogen-bond donors (Lipinski definition) is 1. The molecule has 3 rings (SSSR count). The first kappa shape index (κ1) is 20.8. The highest BCUT2D eigenvalue weighted by molar-refractivity contribution is 6.21. The molecule has 7 heteroatoms. The van der Waals surface area contributed by atoms with Crippen molar-refractivity contribution in [2.45, 2.75) is 12.8 Å². The van der Waals surface area contributed by atoms with Crippen LogP contribution in [0.4, 0.5) is 5.69 Å². The maximum Gasteiger partial charge on any atom is 0.261 e. The van der Waals surface area contributed by atoms with Crippen LogP contribution in [0.2, 0.25) is 0 Å². The van der Waals surface area contributed by atoms with E-state index in [1.165, 1.54) is 11.9 Å². The molecule has 0 atom stereocenters. The highest BCUT2D eigenvalue weighted by atomic mass is 16.2. The van der Waals surface area contributed by atoms with Gasteiger partial charge in [0.2, 0.25) is 11.8 Å². The number of rotatable bonds is 7. The molecule has 1 aliphatic rings. The second-order valence-corrected chi connectivity index (χ2v) is 6.76. The summed E-state index contributed by atoms with van der Waals surface area (Å²) in [4.78, 5) is 52.1. The van der Waals surface area contributed by atoms with Crippen LogP contribution in [-0.2, 0) is 9.59 Å². The van der Waals surface area contributed by atoms with Crippen molar-refractivity contribution in [3.05, 3.63) is 65.2 Å². The zero-order chi connectivity index (χ0) is 21.7. The van der Waals surface area contributed by atoms with Gasteiger partial charge in [-0.05, 0) is 36.8 Å². The number of fused-ring (bicyclic) bond motifs is 1. The van der Waals surface area contributed by atoms with Crippen LogP contribution in [0.5, 0.6) is 0 Å². The number of carbonyl (C=O) groups is 4. The maximum absolute atomic E-state index is 12.9. The summed E-state index contributed by atoms with van der Waals surface area (Å²) in [5.74, 6) is 1.17. The van der Waals surface area contributed by atoms with Gasteiger partial charge in [0.05, 0.1) is 11.1 Å². The Hall–Kier alpha value is -3.92. The normalized spacial score (nSPS) is 12.3. The monoisotopic (exact) mass is 403 g/mol. The number of carbonyl (C=O) groups excluding carboxylic acids is 4. The van der Waals surface area contributed by atoms with Crippen molar-refractivity contribution in [1.29, 1.82) is 0 Å². The van der Waals surface area contributed by atoms with Gasteiger partial charge in [0.25, 0.3) is 11.8 Å². The van der Waals surface area contributed by atoms with Gasteiger partial charge in [-0.1, -0.05) is 24.1 Å². The molecule has 0 aliphatic carbocycles. The minimum Gasteiger partial charge on any atom is -0.358 e. The van der Waals surface area contributed by atoms with Crippen molar-refractivity contribution < 1.29 is 19.2 Å². The summed E-state index contributed by atoms with van der Waals surface area (Å²) in [6.07, 6.45) is 5.77. The van der Waals surface area contributed by atoms with Crippen molar-refractivity contribution in [1.82, 2.24) is 10.2 Å². The molecule has 152 valence electrons. The van der Waals surface area contributed by atoms with E-state index in [2.05, 4.69) is 11.2 Å². The van der Waals surface area contributed by atoms with Gasteiger partial charge in [-0.15, -0.1) is 6.42 Å². The van der Waals surface area contributed by atoms with Crippen LogP contribution in [0.15, 0.2) is 48.5 Å². The van der Waals surface area contributed by atoms with Crippen LogP contribution in [0, 0.1) is 12.3 Å². The van der Waals surface area contributed by atoms with Crippen LogP contribution in [0.25, 0.3) is 0 Å². The fourth-order valence-corrected chi connectivity index (χ4v) is 3.28. The highest BCUT2D eigenvalue weighted by Gasteiger charge is 2.34. The number of nitrogens with zero attached hydrogens (tertiary/aromatic N) is 2. The van der Waals surface area contributed by atoms with Crippen molar-refractivity contribution in [3.63, 3.8) is 0 Å². The van der Waals surface area contributed by atoms with Crippen molar-refractivity contribution >= 4 is 29.3 Å². The molecular formula is C23H21N3O4. The topological polar surface area (TPSA) is 86.8 Å². The van der Waals surface area contributed by atoms with Crippen LogP contribution in [0.3, 0.4) is 0 Å². The maximum atomic E-state index is 12.9. The minimum atomic E-state index is -0.355. The molecule has 2 aromatic rings. The average Bonchev–Trinajstić information content (AvgIpc) is 3.02. The van der Waals surface area contributed by atoms with Gasteiger partial charge < -0.3 is 10.2 Å². The number of imide groups is 1. The molecular weight excluding hydrogens is 382 g/mol. The van der Waals surface area contributed by atoms with Gasteiger partial charge in [0, 0.05) is 31.3 Å². The quantitative estimate of drug-likeness (QED) is 0.564. The smallest absolute Gasteiger partial charge is 0.261 e. The van der Waals surface area contributed by atoms with E-state index in [1.54, 1.807) is 48.5 Å². The first-order valence-electron chi connectivity index (χ1n) is 9.49. The first-order chi connectivity index (χ1) is 14.5. The van der Waals surface area contributed by atoms with Crippen molar-refractivity contribution in [2.75, 3.05) is 25.0 Å².